The third-order valence-electron chi connectivity index (χ3n) is 3.90. The molecular formula is C16H22N4O2. The number of hydrogen-bond acceptors (Lipinski definition) is 6. The lowest BCUT2D eigenvalue weighted by molar-refractivity contribution is 0.226. The predicted octanol–water partition coefficient (Wildman–Crippen LogP) is 2.85. The number of rotatable bonds is 6. The van der Waals surface area contributed by atoms with Gasteiger partial charge in [-0.2, -0.15) is 0 Å². The molecule has 1 aliphatic rings. The van der Waals surface area contributed by atoms with Gasteiger partial charge in [0.1, 0.15) is 5.75 Å². The van der Waals surface area contributed by atoms with Gasteiger partial charge < -0.3 is 19.4 Å². The summed E-state index contributed by atoms with van der Waals surface area (Å²) in [5.41, 5.74) is 0.895. The highest BCUT2D eigenvalue weighted by Gasteiger charge is 2.12. The van der Waals surface area contributed by atoms with E-state index in [1.54, 1.807) is 7.11 Å². The number of hydrogen-bond donors (Lipinski definition) is 1. The van der Waals surface area contributed by atoms with Gasteiger partial charge in [0.05, 0.1) is 7.11 Å². The van der Waals surface area contributed by atoms with Crippen molar-refractivity contribution in [3.05, 3.63) is 30.2 Å². The van der Waals surface area contributed by atoms with Gasteiger partial charge in [0, 0.05) is 18.7 Å². The molecule has 1 aromatic carbocycles. The fourth-order valence-electron chi connectivity index (χ4n) is 2.64. The van der Waals surface area contributed by atoms with Crippen LogP contribution >= 0.6 is 0 Å². The molecule has 0 unspecified atom stereocenters. The van der Waals surface area contributed by atoms with Crippen molar-refractivity contribution in [3.8, 4) is 5.75 Å². The minimum Gasteiger partial charge on any atom is -0.497 e. The normalized spacial score (nSPS) is 15.7. The van der Waals surface area contributed by atoms with Gasteiger partial charge in [0.15, 0.2) is 0 Å². The first kappa shape index (κ1) is 14.8. The zero-order chi connectivity index (χ0) is 15.2. The van der Waals surface area contributed by atoms with Gasteiger partial charge in [0.25, 0.3) is 0 Å². The molecule has 118 valence electrons. The summed E-state index contributed by atoms with van der Waals surface area (Å²) >= 11 is 0. The Bertz CT molecular complexity index is 576. The molecule has 2 heterocycles. The number of anilines is 2. The number of aromatic nitrogens is 2. The van der Waals surface area contributed by atoms with E-state index in [0.29, 0.717) is 11.9 Å². The molecule has 0 atom stereocenters. The summed E-state index contributed by atoms with van der Waals surface area (Å²) < 4.78 is 10.8. The molecule has 22 heavy (non-hydrogen) atoms. The SMILES string of the molecule is COc1ccc(Nc2nnc(CCN3CCCCC3)o2)cc1. The van der Waals surface area contributed by atoms with E-state index < -0.39 is 0 Å². The summed E-state index contributed by atoms with van der Waals surface area (Å²) in [4.78, 5) is 2.46. The number of nitrogens with one attached hydrogen (secondary N) is 1. The van der Waals surface area contributed by atoms with Crippen LogP contribution in [-0.2, 0) is 6.42 Å². The monoisotopic (exact) mass is 302 g/mol. The second kappa shape index (κ2) is 7.26. The zero-order valence-electron chi connectivity index (χ0n) is 12.9. The van der Waals surface area contributed by atoms with Gasteiger partial charge in [-0.3, -0.25) is 0 Å². The number of nitrogens with zero attached hydrogens (tertiary/aromatic N) is 3. The third kappa shape index (κ3) is 3.98. The van der Waals surface area contributed by atoms with Crippen molar-refractivity contribution >= 4 is 11.7 Å². The van der Waals surface area contributed by atoms with Crippen LogP contribution in [0, 0.1) is 0 Å². The lowest BCUT2D eigenvalue weighted by Crippen LogP contribution is -2.31. The van der Waals surface area contributed by atoms with Gasteiger partial charge in [-0.1, -0.05) is 11.5 Å². The van der Waals surface area contributed by atoms with Crippen LogP contribution in [0.15, 0.2) is 28.7 Å². The van der Waals surface area contributed by atoms with E-state index in [0.717, 1.165) is 24.4 Å². The molecule has 6 nitrogen and oxygen atoms in total. The summed E-state index contributed by atoms with van der Waals surface area (Å²) in [6.45, 7) is 3.36. The van der Waals surface area contributed by atoms with E-state index in [1.807, 2.05) is 24.3 Å². The molecule has 1 aromatic heterocycles. The second-order valence-corrected chi connectivity index (χ2v) is 5.51. The number of ether oxygens (including phenoxy) is 1. The maximum absolute atomic E-state index is 5.64. The summed E-state index contributed by atoms with van der Waals surface area (Å²) in [6, 6.07) is 8.03. The Labute approximate surface area is 130 Å². The number of likely N-dealkylation sites (tertiary alicyclic amines) is 1. The molecule has 0 spiro atoms. The minimum atomic E-state index is 0.429. The van der Waals surface area contributed by atoms with Crippen LogP contribution in [0.2, 0.25) is 0 Å². The Morgan fingerprint density at radius 3 is 2.64 bits per heavy atom. The van der Waals surface area contributed by atoms with Crippen molar-refractivity contribution in [1.82, 2.24) is 15.1 Å². The molecule has 1 fully saturated rings. The molecule has 0 radical (unpaired) electrons. The maximum atomic E-state index is 5.64. The van der Waals surface area contributed by atoms with Crippen LogP contribution < -0.4 is 10.1 Å². The Morgan fingerprint density at radius 2 is 1.91 bits per heavy atom. The van der Waals surface area contributed by atoms with Gasteiger partial charge >= 0.3 is 6.01 Å². The highest BCUT2D eigenvalue weighted by Crippen LogP contribution is 2.19. The Hall–Kier alpha value is -2.08. The van der Waals surface area contributed by atoms with Crippen LogP contribution in [0.1, 0.15) is 25.2 Å². The van der Waals surface area contributed by atoms with Crippen molar-refractivity contribution in [3.63, 3.8) is 0 Å². The first-order valence-corrected chi connectivity index (χ1v) is 7.79. The Morgan fingerprint density at radius 1 is 1.14 bits per heavy atom. The first-order valence-electron chi connectivity index (χ1n) is 7.79. The molecule has 6 heteroatoms. The van der Waals surface area contributed by atoms with Gasteiger partial charge in [-0.05, 0) is 50.2 Å². The van der Waals surface area contributed by atoms with E-state index in [9.17, 15) is 0 Å². The number of methoxy groups -OCH3 is 1. The van der Waals surface area contributed by atoms with E-state index in [1.165, 1.54) is 32.4 Å². The fraction of sp³-hybridized carbons (Fsp3) is 0.500. The van der Waals surface area contributed by atoms with Crippen LogP contribution in [0.4, 0.5) is 11.7 Å². The van der Waals surface area contributed by atoms with Gasteiger partial charge in [-0.15, -0.1) is 5.10 Å². The Kier molecular flexibility index (Phi) is 4.90. The molecule has 0 aliphatic carbocycles. The summed E-state index contributed by atoms with van der Waals surface area (Å²) in [7, 11) is 1.65. The predicted molar refractivity (Wildman–Crippen MR) is 84.6 cm³/mol. The van der Waals surface area contributed by atoms with Crippen molar-refractivity contribution < 1.29 is 9.15 Å². The molecular weight excluding hydrogens is 280 g/mol. The van der Waals surface area contributed by atoms with Crippen LogP contribution in [-0.4, -0.2) is 41.8 Å². The zero-order valence-corrected chi connectivity index (χ0v) is 12.9. The van der Waals surface area contributed by atoms with Crippen molar-refractivity contribution in [2.45, 2.75) is 25.7 Å². The van der Waals surface area contributed by atoms with Gasteiger partial charge in [-0.25, -0.2) is 0 Å². The van der Waals surface area contributed by atoms with Crippen molar-refractivity contribution in [2.24, 2.45) is 0 Å². The number of benzene rings is 1. The molecule has 1 aliphatic heterocycles. The van der Waals surface area contributed by atoms with E-state index in [4.69, 9.17) is 9.15 Å². The van der Waals surface area contributed by atoms with Crippen LogP contribution in [0.25, 0.3) is 0 Å². The molecule has 0 amide bonds. The summed E-state index contributed by atoms with van der Waals surface area (Å²) in [6.07, 6.45) is 4.76. The molecule has 0 saturated carbocycles. The lowest BCUT2D eigenvalue weighted by Gasteiger charge is -2.25. The highest BCUT2D eigenvalue weighted by molar-refractivity contribution is 5.53. The summed E-state index contributed by atoms with van der Waals surface area (Å²) in [5, 5.41) is 11.2. The molecule has 0 bridgehead atoms. The minimum absolute atomic E-state index is 0.429. The van der Waals surface area contributed by atoms with Crippen LogP contribution in [0.3, 0.4) is 0 Å². The first-order chi connectivity index (χ1) is 10.8. The lowest BCUT2D eigenvalue weighted by atomic mass is 10.1. The quantitative estimate of drug-likeness (QED) is 0.885. The maximum Gasteiger partial charge on any atom is 0.320 e. The van der Waals surface area contributed by atoms with Crippen molar-refractivity contribution in [1.29, 1.82) is 0 Å². The highest BCUT2D eigenvalue weighted by atomic mass is 16.5. The van der Waals surface area contributed by atoms with Gasteiger partial charge in [0.2, 0.25) is 5.89 Å². The second-order valence-electron chi connectivity index (χ2n) is 5.51. The third-order valence-corrected chi connectivity index (χ3v) is 3.90. The molecule has 3 rings (SSSR count). The number of piperidine rings is 1. The molecule has 2 aromatic rings. The van der Waals surface area contributed by atoms with E-state index in [2.05, 4.69) is 20.4 Å². The Balaban J connectivity index is 1.51. The average molecular weight is 302 g/mol. The summed E-state index contributed by atoms with van der Waals surface area (Å²) in [5.74, 6) is 1.50. The largest absolute Gasteiger partial charge is 0.497 e. The topological polar surface area (TPSA) is 63.4 Å². The van der Waals surface area contributed by atoms with Crippen LogP contribution in [0.5, 0.6) is 5.75 Å². The van der Waals surface area contributed by atoms with E-state index >= 15 is 0 Å². The van der Waals surface area contributed by atoms with Crippen molar-refractivity contribution in [2.75, 3.05) is 32.1 Å². The molecule has 1 saturated heterocycles. The standard InChI is InChI=1S/C16H22N4O2/c1-21-14-7-5-13(6-8-14)17-16-19-18-15(22-16)9-12-20-10-3-2-4-11-20/h5-8H,2-4,9-12H2,1H3,(H,17,19). The smallest absolute Gasteiger partial charge is 0.320 e. The fourth-order valence-corrected chi connectivity index (χ4v) is 2.64. The molecule has 1 N–H and O–H groups in total. The average Bonchev–Trinajstić information content (AvgIpc) is 3.02. The van der Waals surface area contributed by atoms with E-state index in [-0.39, 0.29) is 0 Å².